The standard InChI is InChI=1S/C27H24FN3O5/c1-35-19-8-4-6-17(12-19)31-15-21(27(33)34)26(32)20-13-22(28)24(14-23(20)31)30-11-5-7-18(30)16-36-25-9-2-3-10-29-25/h2-4,6,8-10,12-15,18H,5,7,11,16H2,1H3,(H,33,34)/t18-/m1/s1. The van der Waals surface area contributed by atoms with E-state index in [4.69, 9.17) is 9.47 Å². The highest BCUT2D eigenvalue weighted by molar-refractivity contribution is 5.94. The molecule has 1 saturated heterocycles. The van der Waals surface area contributed by atoms with Crippen molar-refractivity contribution < 1.29 is 23.8 Å². The van der Waals surface area contributed by atoms with Crippen LogP contribution < -0.4 is 19.8 Å². The fourth-order valence-corrected chi connectivity index (χ4v) is 4.62. The summed E-state index contributed by atoms with van der Waals surface area (Å²) < 4.78 is 28.2. The van der Waals surface area contributed by atoms with Crippen LogP contribution in [-0.4, -0.2) is 46.9 Å². The van der Waals surface area contributed by atoms with E-state index in [-0.39, 0.29) is 11.4 Å². The second-order valence-corrected chi connectivity index (χ2v) is 8.54. The van der Waals surface area contributed by atoms with Gasteiger partial charge in [-0.1, -0.05) is 12.1 Å². The van der Waals surface area contributed by atoms with Crippen LogP contribution in [0.4, 0.5) is 10.1 Å². The van der Waals surface area contributed by atoms with E-state index < -0.39 is 22.8 Å². The lowest BCUT2D eigenvalue weighted by molar-refractivity contribution is 0.0695. The van der Waals surface area contributed by atoms with Crippen LogP contribution in [0.1, 0.15) is 23.2 Å². The number of nitrogens with zero attached hydrogens (tertiary/aromatic N) is 3. The molecule has 0 bridgehead atoms. The quantitative estimate of drug-likeness (QED) is 0.414. The maximum Gasteiger partial charge on any atom is 0.341 e. The maximum absolute atomic E-state index is 15.5. The summed E-state index contributed by atoms with van der Waals surface area (Å²) in [5.74, 6) is -0.917. The number of halogens is 1. The zero-order valence-electron chi connectivity index (χ0n) is 19.6. The molecule has 1 N–H and O–H groups in total. The van der Waals surface area contributed by atoms with Gasteiger partial charge in [0.05, 0.1) is 24.4 Å². The molecule has 1 aliphatic heterocycles. The van der Waals surface area contributed by atoms with E-state index in [0.29, 0.717) is 41.7 Å². The number of carboxylic acids is 1. The Morgan fingerprint density at radius 1 is 1.19 bits per heavy atom. The number of hydrogen-bond acceptors (Lipinski definition) is 6. The van der Waals surface area contributed by atoms with Gasteiger partial charge in [0, 0.05) is 42.1 Å². The second-order valence-electron chi connectivity index (χ2n) is 8.54. The number of rotatable bonds is 7. The lowest BCUT2D eigenvalue weighted by atomic mass is 10.1. The molecule has 2 aromatic carbocycles. The van der Waals surface area contributed by atoms with Crippen molar-refractivity contribution in [3.05, 3.63) is 88.6 Å². The number of methoxy groups -OCH3 is 1. The SMILES string of the molecule is COc1cccc(-n2cc(C(=O)O)c(=O)c3cc(F)c(N4CCC[C@@H]4COc4ccccn4)cc32)c1. The van der Waals surface area contributed by atoms with Crippen molar-refractivity contribution in [3.8, 4) is 17.3 Å². The minimum absolute atomic E-state index is 0.0144. The molecular weight excluding hydrogens is 465 g/mol. The first-order valence-corrected chi connectivity index (χ1v) is 11.5. The normalized spacial score (nSPS) is 15.3. The van der Waals surface area contributed by atoms with Crippen LogP contribution in [0.2, 0.25) is 0 Å². The number of fused-ring (bicyclic) bond motifs is 1. The van der Waals surface area contributed by atoms with Gasteiger partial charge in [0.2, 0.25) is 11.3 Å². The molecule has 4 aromatic rings. The fraction of sp³-hybridized carbons (Fsp3) is 0.222. The van der Waals surface area contributed by atoms with Crippen molar-refractivity contribution in [3.63, 3.8) is 0 Å². The van der Waals surface area contributed by atoms with E-state index in [1.54, 1.807) is 53.2 Å². The molecule has 184 valence electrons. The first kappa shape index (κ1) is 23.3. The van der Waals surface area contributed by atoms with Crippen LogP contribution in [0.15, 0.2) is 71.8 Å². The topological polar surface area (TPSA) is 93.9 Å². The number of ether oxygens (including phenoxy) is 2. The van der Waals surface area contributed by atoms with Gasteiger partial charge in [-0.25, -0.2) is 14.2 Å². The Hall–Kier alpha value is -4.40. The third kappa shape index (κ3) is 4.35. The van der Waals surface area contributed by atoms with Gasteiger partial charge in [0.1, 0.15) is 23.7 Å². The molecule has 36 heavy (non-hydrogen) atoms. The van der Waals surface area contributed by atoms with E-state index in [1.165, 1.54) is 13.3 Å². The molecule has 3 heterocycles. The number of anilines is 1. The van der Waals surface area contributed by atoms with Crippen LogP contribution in [0.5, 0.6) is 11.6 Å². The lowest BCUT2D eigenvalue weighted by Crippen LogP contribution is -2.35. The molecule has 0 aliphatic carbocycles. The molecule has 1 atom stereocenters. The number of aromatic carboxylic acids is 1. The molecule has 0 unspecified atom stereocenters. The third-order valence-electron chi connectivity index (χ3n) is 6.38. The van der Waals surface area contributed by atoms with Crippen molar-refractivity contribution in [2.45, 2.75) is 18.9 Å². The van der Waals surface area contributed by atoms with E-state index in [2.05, 4.69) is 4.98 Å². The van der Waals surface area contributed by atoms with Crippen LogP contribution in [0, 0.1) is 5.82 Å². The highest BCUT2D eigenvalue weighted by Crippen LogP contribution is 2.32. The summed E-state index contributed by atoms with van der Waals surface area (Å²) in [7, 11) is 1.53. The van der Waals surface area contributed by atoms with Crippen molar-refractivity contribution >= 4 is 22.6 Å². The molecule has 8 nitrogen and oxygen atoms in total. The second kappa shape index (κ2) is 9.69. The van der Waals surface area contributed by atoms with Crippen molar-refractivity contribution in [1.82, 2.24) is 9.55 Å². The Kier molecular flexibility index (Phi) is 6.28. The van der Waals surface area contributed by atoms with Gasteiger partial charge in [-0.05, 0) is 43.2 Å². The van der Waals surface area contributed by atoms with Gasteiger partial charge in [0.15, 0.2) is 0 Å². The smallest absolute Gasteiger partial charge is 0.341 e. The number of carbonyl (C=O) groups is 1. The summed E-state index contributed by atoms with van der Waals surface area (Å²) in [6.45, 7) is 0.949. The summed E-state index contributed by atoms with van der Waals surface area (Å²) in [6.07, 6.45) is 4.59. The first-order valence-electron chi connectivity index (χ1n) is 11.5. The highest BCUT2D eigenvalue weighted by atomic mass is 19.1. The molecular formula is C27H24FN3O5. The van der Waals surface area contributed by atoms with Crippen molar-refractivity contribution in [2.75, 3.05) is 25.2 Å². The van der Waals surface area contributed by atoms with E-state index in [1.807, 2.05) is 11.0 Å². The number of aromatic nitrogens is 2. The number of hydrogen-bond donors (Lipinski definition) is 1. The van der Waals surface area contributed by atoms with Gasteiger partial charge in [0.25, 0.3) is 0 Å². The average molecular weight is 490 g/mol. The maximum atomic E-state index is 15.5. The zero-order chi connectivity index (χ0) is 25.2. The van der Waals surface area contributed by atoms with E-state index in [0.717, 1.165) is 18.9 Å². The molecule has 5 rings (SSSR count). The van der Waals surface area contributed by atoms with Crippen LogP contribution >= 0.6 is 0 Å². The Labute approximate surface area is 206 Å². The number of pyridine rings is 2. The van der Waals surface area contributed by atoms with Crippen molar-refractivity contribution in [2.24, 2.45) is 0 Å². The predicted molar refractivity (Wildman–Crippen MR) is 133 cm³/mol. The minimum Gasteiger partial charge on any atom is -0.497 e. The Morgan fingerprint density at radius 3 is 2.81 bits per heavy atom. The predicted octanol–water partition coefficient (Wildman–Crippen LogP) is 4.28. The Balaban J connectivity index is 1.61. The van der Waals surface area contributed by atoms with Crippen LogP contribution in [0.25, 0.3) is 16.6 Å². The third-order valence-corrected chi connectivity index (χ3v) is 6.38. The summed E-state index contributed by atoms with van der Waals surface area (Å²) in [6, 6.07) is 15.1. The van der Waals surface area contributed by atoms with Crippen LogP contribution in [-0.2, 0) is 0 Å². The summed E-state index contributed by atoms with van der Waals surface area (Å²) in [4.78, 5) is 30.9. The van der Waals surface area contributed by atoms with Gasteiger partial charge in [-0.15, -0.1) is 0 Å². The zero-order valence-corrected chi connectivity index (χ0v) is 19.6. The average Bonchev–Trinajstić information content (AvgIpc) is 3.36. The monoisotopic (exact) mass is 489 g/mol. The lowest BCUT2D eigenvalue weighted by Gasteiger charge is -2.27. The van der Waals surface area contributed by atoms with Crippen LogP contribution in [0.3, 0.4) is 0 Å². The van der Waals surface area contributed by atoms with E-state index in [9.17, 15) is 14.7 Å². The molecule has 0 spiro atoms. The molecule has 0 saturated carbocycles. The number of carboxylic acid groups (broad SMARTS) is 1. The van der Waals surface area contributed by atoms with Gasteiger partial charge in [-0.2, -0.15) is 0 Å². The molecule has 0 radical (unpaired) electrons. The first-order chi connectivity index (χ1) is 17.5. The Bertz CT molecular complexity index is 1490. The van der Waals surface area contributed by atoms with Gasteiger partial charge >= 0.3 is 5.97 Å². The summed E-state index contributed by atoms with van der Waals surface area (Å²) in [5.41, 5.74) is 0.120. The molecule has 1 fully saturated rings. The summed E-state index contributed by atoms with van der Waals surface area (Å²) in [5, 5.41) is 9.61. The highest BCUT2D eigenvalue weighted by Gasteiger charge is 2.29. The molecule has 2 aromatic heterocycles. The molecule has 0 amide bonds. The van der Waals surface area contributed by atoms with Gasteiger partial charge in [-0.3, -0.25) is 4.79 Å². The minimum atomic E-state index is -1.38. The largest absolute Gasteiger partial charge is 0.497 e. The van der Waals surface area contributed by atoms with Crippen molar-refractivity contribution in [1.29, 1.82) is 0 Å². The number of benzene rings is 2. The molecule has 1 aliphatic rings. The Morgan fingerprint density at radius 2 is 2.06 bits per heavy atom. The molecule has 9 heteroatoms. The summed E-state index contributed by atoms with van der Waals surface area (Å²) >= 11 is 0. The fourth-order valence-electron chi connectivity index (χ4n) is 4.62. The van der Waals surface area contributed by atoms with E-state index >= 15 is 4.39 Å². The van der Waals surface area contributed by atoms with Gasteiger partial charge < -0.3 is 24.0 Å².